The van der Waals surface area contributed by atoms with E-state index in [2.05, 4.69) is 31.8 Å². The van der Waals surface area contributed by atoms with E-state index >= 15 is 0 Å². The number of esters is 1. The van der Waals surface area contributed by atoms with Crippen LogP contribution in [0.5, 0.6) is 5.75 Å². The molecule has 152 valence electrons. The van der Waals surface area contributed by atoms with E-state index in [1.54, 1.807) is 42.5 Å². The highest BCUT2D eigenvalue weighted by molar-refractivity contribution is 9.10. The smallest absolute Gasteiger partial charge is 0.343 e. The zero-order valence-corrected chi connectivity index (χ0v) is 19.0. The van der Waals surface area contributed by atoms with E-state index in [9.17, 15) is 4.79 Å². The lowest BCUT2D eigenvalue weighted by Gasteiger charge is -2.10. The zero-order valence-electron chi connectivity index (χ0n) is 15.9. The van der Waals surface area contributed by atoms with Crippen LogP contribution in [0.25, 0.3) is 0 Å². The fourth-order valence-corrected chi connectivity index (χ4v) is 3.30. The third-order valence-electron chi connectivity index (χ3n) is 3.99. The minimum Gasteiger partial charge on any atom is -0.422 e. The van der Waals surface area contributed by atoms with Crippen LogP contribution in [-0.2, 0) is 0 Å². The van der Waals surface area contributed by atoms with Gasteiger partial charge in [-0.3, -0.25) is 5.43 Å². The van der Waals surface area contributed by atoms with Crippen LogP contribution < -0.4 is 15.5 Å². The fourth-order valence-electron chi connectivity index (χ4n) is 2.56. The summed E-state index contributed by atoms with van der Waals surface area (Å²) in [5, 5.41) is 8.01. The molecule has 0 saturated carbocycles. The zero-order chi connectivity index (χ0) is 21.5. The first-order valence-electron chi connectivity index (χ1n) is 8.85. The molecule has 3 aromatic rings. The van der Waals surface area contributed by atoms with Gasteiger partial charge in [0.15, 0.2) is 5.11 Å². The first-order valence-corrected chi connectivity index (χ1v) is 10.4. The molecule has 0 atom stereocenters. The summed E-state index contributed by atoms with van der Waals surface area (Å²) in [5.41, 5.74) is 5.42. The van der Waals surface area contributed by atoms with Gasteiger partial charge in [0.2, 0.25) is 0 Å². The van der Waals surface area contributed by atoms with Gasteiger partial charge in [-0.25, -0.2) is 4.79 Å². The van der Waals surface area contributed by atoms with Gasteiger partial charge in [0.05, 0.1) is 11.8 Å². The first-order chi connectivity index (χ1) is 14.4. The molecule has 0 radical (unpaired) electrons. The van der Waals surface area contributed by atoms with Gasteiger partial charge < -0.3 is 10.1 Å². The van der Waals surface area contributed by atoms with Crippen molar-refractivity contribution in [3.8, 4) is 5.75 Å². The Morgan fingerprint density at radius 2 is 1.93 bits per heavy atom. The Kier molecular flexibility index (Phi) is 7.57. The van der Waals surface area contributed by atoms with Gasteiger partial charge >= 0.3 is 5.97 Å². The quantitative estimate of drug-likeness (QED) is 0.148. The molecule has 2 N–H and O–H groups in total. The molecule has 0 aliphatic carbocycles. The van der Waals surface area contributed by atoms with Gasteiger partial charge in [-0.05, 0) is 67.2 Å². The number of carbonyl (C=O) groups excluding carboxylic acids is 1. The number of nitrogens with one attached hydrogen (secondary N) is 2. The molecule has 0 aliphatic heterocycles. The van der Waals surface area contributed by atoms with Crippen molar-refractivity contribution in [2.75, 3.05) is 5.32 Å². The maximum atomic E-state index is 12.5. The highest BCUT2D eigenvalue weighted by Gasteiger charge is 2.13. The second-order valence-corrected chi connectivity index (χ2v) is 7.98. The van der Waals surface area contributed by atoms with Crippen LogP contribution in [-0.4, -0.2) is 17.3 Å². The summed E-state index contributed by atoms with van der Waals surface area (Å²) in [6, 6.07) is 19.7. The predicted octanol–water partition coefficient (Wildman–Crippen LogP) is 5.95. The Morgan fingerprint density at radius 3 is 2.70 bits per heavy atom. The summed E-state index contributed by atoms with van der Waals surface area (Å²) in [6.07, 6.45) is 1.52. The lowest BCUT2D eigenvalue weighted by atomic mass is 10.1. The maximum absolute atomic E-state index is 12.5. The van der Waals surface area contributed by atoms with Crippen LogP contribution in [0.1, 0.15) is 21.5 Å². The van der Waals surface area contributed by atoms with E-state index in [-0.39, 0.29) is 0 Å². The Bertz CT molecular complexity index is 1120. The van der Waals surface area contributed by atoms with Crippen LogP contribution in [0.3, 0.4) is 0 Å². The molecule has 0 unspecified atom stereocenters. The molecule has 3 aromatic carbocycles. The molecule has 0 fully saturated rings. The minimum atomic E-state index is -0.434. The van der Waals surface area contributed by atoms with Crippen molar-refractivity contribution in [2.45, 2.75) is 6.92 Å². The molecule has 0 aliphatic rings. The number of anilines is 1. The van der Waals surface area contributed by atoms with Crippen LogP contribution in [0.4, 0.5) is 5.69 Å². The number of carbonyl (C=O) groups is 1. The number of rotatable bonds is 5. The van der Waals surface area contributed by atoms with E-state index in [1.165, 1.54) is 6.21 Å². The third-order valence-corrected chi connectivity index (χ3v) is 4.91. The second kappa shape index (κ2) is 10.3. The lowest BCUT2D eigenvalue weighted by molar-refractivity contribution is 0.0733. The summed E-state index contributed by atoms with van der Waals surface area (Å²) in [4.78, 5) is 12.5. The third kappa shape index (κ3) is 6.13. The van der Waals surface area contributed by atoms with E-state index in [4.69, 9.17) is 28.6 Å². The summed E-state index contributed by atoms with van der Waals surface area (Å²) in [7, 11) is 0. The van der Waals surface area contributed by atoms with Crippen molar-refractivity contribution in [3.05, 3.63) is 92.9 Å². The largest absolute Gasteiger partial charge is 0.422 e. The van der Waals surface area contributed by atoms with Crippen molar-refractivity contribution in [1.82, 2.24) is 5.43 Å². The van der Waals surface area contributed by atoms with Crippen LogP contribution >= 0.6 is 39.7 Å². The molecule has 0 aromatic heterocycles. The van der Waals surface area contributed by atoms with Gasteiger partial charge in [0.25, 0.3) is 0 Å². The Labute approximate surface area is 193 Å². The number of benzene rings is 3. The number of ether oxygens (including phenoxy) is 1. The van der Waals surface area contributed by atoms with Gasteiger partial charge in [0.1, 0.15) is 5.75 Å². The van der Waals surface area contributed by atoms with E-state index < -0.39 is 5.97 Å². The van der Waals surface area contributed by atoms with E-state index in [0.717, 1.165) is 15.7 Å². The van der Waals surface area contributed by atoms with Gasteiger partial charge in [0, 0.05) is 20.7 Å². The van der Waals surface area contributed by atoms with Gasteiger partial charge in [-0.2, -0.15) is 5.10 Å². The van der Waals surface area contributed by atoms with Crippen molar-refractivity contribution < 1.29 is 9.53 Å². The molecular weight excluding hydrogens is 486 g/mol. The molecule has 0 heterocycles. The molecular formula is C22H17BrClN3O2S. The van der Waals surface area contributed by atoms with Crippen molar-refractivity contribution >= 4 is 62.7 Å². The number of hydrogen-bond acceptors (Lipinski definition) is 4. The van der Waals surface area contributed by atoms with Crippen LogP contribution in [0, 0.1) is 6.92 Å². The number of hydrazone groups is 1. The number of hydrogen-bond donors (Lipinski definition) is 2. The highest BCUT2D eigenvalue weighted by Crippen LogP contribution is 2.23. The van der Waals surface area contributed by atoms with Crippen LogP contribution in [0.15, 0.2) is 76.3 Å². The summed E-state index contributed by atoms with van der Waals surface area (Å²) >= 11 is 14.6. The second-order valence-electron chi connectivity index (χ2n) is 6.22. The SMILES string of the molecule is Cc1ccccc1C(=O)Oc1ccc(Br)cc1/C=N\NC(=S)Nc1cccc(Cl)c1. The number of thiocarbonyl (C=S) groups is 1. The Balaban J connectivity index is 1.69. The Hall–Kier alpha value is -2.74. The molecule has 0 amide bonds. The number of aryl methyl sites for hydroxylation is 1. The summed E-state index contributed by atoms with van der Waals surface area (Å²) in [6.45, 7) is 1.86. The summed E-state index contributed by atoms with van der Waals surface area (Å²) in [5.74, 6) is -0.0538. The molecule has 3 rings (SSSR count). The minimum absolute atomic E-state index is 0.293. The number of halogens is 2. The van der Waals surface area contributed by atoms with Gasteiger partial charge in [-0.1, -0.05) is 51.8 Å². The molecule has 8 heteroatoms. The predicted molar refractivity (Wildman–Crippen MR) is 129 cm³/mol. The molecule has 30 heavy (non-hydrogen) atoms. The summed E-state index contributed by atoms with van der Waals surface area (Å²) < 4.78 is 6.41. The van der Waals surface area contributed by atoms with Crippen molar-refractivity contribution in [3.63, 3.8) is 0 Å². The average Bonchev–Trinajstić information content (AvgIpc) is 2.70. The average molecular weight is 503 g/mol. The van der Waals surface area contributed by atoms with E-state index in [0.29, 0.717) is 27.0 Å². The molecule has 0 spiro atoms. The number of nitrogens with zero attached hydrogens (tertiary/aromatic N) is 1. The molecule has 0 saturated heterocycles. The standard InChI is InChI=1S/C22H17BrClN3O2S/c1-14-5-2-3-8-19(14)21(28)29-20-10-9-16(23)11-15(20)13-25-27-22(30)26-18-7-4-6-17(24)12-18/h2-13H,1H3,(H2,26,27,30)/b25-13-. The topological polar surface area (TPSA) is 62.7 Å². The first kappa shape index (κ1) is 22.0. The molecule has 0 bridgehead atoms. The maximum Gasteiger partial charge on any atom is 0.343 e. The monoisotopic (exact) mass is 501 g/mol. The van der Waals surface area contributed by atoms with Crippen molar-refractivity contribution in [2.24, 2.45) is 5.10 Å². The highest BCUT2D eigenvalue weighted by atomic mass is 79.9. The normalized spacial score (nSPS) is 10.6. The van der Waals surface area contributed by atoms with E-state index in [1.807, 2.05) is 31.2 Å². The lowest BCUT2D eigenvalue weighted by Crippen LogP contribution is -2.23. The van der Waals surface area contributed by atoms with Crippen LogP contribution in [0.2, 0.25) is 5.02 Å². The van der Waals surface area contributed by atoms with Gasteiger partial charge in [-0.15, -0.1) is 0 Å². The fraction of sp³-hybridized carbons (Fsp3) is 0.0455. The van der Waals surface area contributed by atoms with Crippen molar-refractivity contribution in [1.29, 1.82) is 0 Å². The molecule has 5 nitrogen and oxygen atoms in total. The Morgan fingerprint density at radius 1 is 1.13 bits per heavy atom.